The van der Waals surface area contributed by atoms with E-state index in [0.717, 1.165) is 22.0 Å². The van der Waals surface area contributed by atoms with Crippen LogP contribution in [0, 0.1) is 5.92 Å². The highest BCUT2D eigenvalue weighted by molar-refractivity contribution is 7.99. The van der Waals surface area contributed by atoms with Gasteiger partial charge >= 0.3 is 0 Å². The van der Waals surface area contributed by atoms with Crippen molar-refractivity contribution >= 4 is 29.0 Å². The Morgan fingerprint density at radius 1 is 1.12 bits per heavy atom. The number of amides is 1. The van der Waals surface area contributed by atoms with Crippen LogP contribution >= 0.6 is 23.1 Å². The van der Waals surface area contributed by atoms with Crippen LogP contribution < -0.4 is 5.32 Å². The summed E-state index contributed by atoms with van der Waals surface area (Å²) in [5.41, 5.74) is 2.01. The molecule has 0 spiro atoms. The van der Waals surface area contributed by atoms with Crippen molar-refractivity contribution in [2.75, 3.05) is 5.75 Å². The Kier molecular flexibility index (Phi) is 6.25. The van der Waals surface area contributed by atoms with Gasteiger partial charge in [-0.25, -0.2) is 4.98 Å². The number of thiazole rings is 1. The Bertz CT molecular complexity index is 803. The van der Waals surface area contributed by atoms with Gasteiger partial charge in [-0.2, -0.15) is 0 Å². The fourth-order valence-electron chi connectivity index (χ4n) is 2.27. The van der Waals surface area contributed by atoms with E-state index in [4.69, 9.17) is 0 Å². The summed E-state index contributed by atoms with van der Waals surface area (Å²) in [6, 6.07) is 20.2. The first-order valence-corrected chi connectivity index (χ1v) is 10.0. The molecule has 0 aliphatic carbocycles. The van der Waals surface area contributed by atoms with Gasteiger partial charge in [0.25, 0.3) is 0 Å². The van der Waals surface area contributed by atoms with Gasteiger partial charge in [-0.1, -0.05) is 55.5 Å². The number of nitrogens with zero attached hydrogens (tertiary/aromatic N) is 1. The van der Waals surface area contributed by atoms with Crippen LogP contribution in [0.5, 0.6) is 0 Å². The molecule has 0 aliphatic rings. The van der Waals surface area contributed by atoms with Crippen molar-refractivity contribution in [1.82, 2.24) is 10.3 Å². The molecule has 2 aromatic carbocycles. The molecule has 0 bridgehead atoms. The number of hydrogen-bond donors (Lipinski definition) is 1. The maximum atomic E-state index is 12.3. The van der Waals surface area contributed by atoms with E-state index >= 15 is 0 Å². The maximum Gasteiger partial charge on any atom is 0.223 e. The highest BCUT2D eigenvalue weighted by Crippen LogP contribution is 2.23. The SMILES string of the molecule is CC(CSc1ccccc1)C(=O)NCc1csc(-c2ccccc2)n1. The van der Waals surface area contributed by atoms with E-state index in [1.807, 2.05) is 60.8 Å². The number of aromatic nitrogens is 1. The van der Waals surface area contributed by atoms with E-state index in [1.165, 1.54) is 4.90 Å². The van der Waals surface area contributed by atoms with E-state index in [1.54, 1.807) is 23.1 Å². The van der Waals surface area contributed by atoms with Crippen molar-refractivity contribution in [1.29, 1.82) is 0 Å². The molecule has 1 aromatic heterocycles. The Morgan fingerprint density at radius 2 is 1.80 bits per heavy atom. The smallest absolute Gasteiger partial charge is 0.223 e. The molecule has 3 aromatic rings. The lowest BCUT2D eigenvalue weighted by Gasteiger charge is -2.11. The van der Waals surface area contributed by atoms with E-state index in [-0.39, 0.29) is 11.8 Å². The zero-order valence-corrected chi connectivity index (χ0v) is 15.6. The molecule has 3 nitrogen and oxygen atoms in total. The Morgan fingerprint density at radius 3 is 2.52 bits per heavy atom. The van der Waals surface area contributed by atoms with Crippen molar-refractivity contribution in [2.24, 2.45) is 5.92 Å². The van der Waals surface area contributed by atoms with E-state index in [9.17, 15) is 4.79 Å². The molecule has 25 heavy (non-hydrogen) atoms. The molecule has 1 unspecified atom stereocenters. The number of benzene rings is 2. The van der Waals surface area contributed by atoms with Crippen LogP contribution in [0.3, 0.4) is 0 Å². The Hall–Kier alpha value is -2.11. The summed E-state index contributed by atoms with van der Waals surface area (Å²) in [7, 11) is 0. The lowest BCUT2D eigenvalue weighted by atomic mass is 10.2. The average Bonchev–Trinajstić information content (AvgIpc) is 3.15. The molecule has 5 heteroatoms. The summed E-state index contributed by atoms with van der Waals surface area (Å²) in [5, 5.41) is 5.98. The first kappa shape index (κ1) is 17.7. The summed E-state index contributed by atoms with van der Waals surface area (Å²) < 4.78 is 0. The van der Waals surface area contributed by atoms with Crippen molar-refractivity contribution in [3.63, 3.8) is 0 Å². The molecule has 1 amide bonds. The second-order valence-corrected chi connectivity index (χ2v) is 7.70. The Labute approximate surface area is 156 Å². The minimum Gasteiger partial charge on any atom is -0.350 e. The topological polar surface area (TPSA) is 42.0 Å². The van der Waals surface area contributed by atoms with Crippen molar-refractivity contribution < 1.29 is 4.79 Å². The van der Waals surface area contributed by atoms with Gasteiger partial charge in [-0.05, 0) is 12.1 Å². The Balaban J connectivity index is 1.48. The number of carbonyl (C=O) groups is 1. The third-order valence-electron chi connectivity index (χ3n) is 3.71. The van der Waals surface area contributed by atoms with Gasteiger partial charge in [0.05, 0.1) is 12.2 Å². The van der Waals surface area contributed by atoms with Crippen LogP contribution in [-0.2, 0) is 11.3 Å². The number of rotatable bonds is 7. The van der Waals surface area contributed by atoms with Crippen molar-refractivity contribution in [3.8, 4) is 10.6 Å². The second-order valence-electron chi connectivity index (χ2n) is 5.75. The van der Waals surface area contributed by atoms with E-state index < -0.39 is 0 Å². The molecule has 1 heterocycles. The molecule has 0 saturated carbocycles. The fourth-order valence-corrected chi connectivity index (χ4v) is 4.04. The van der Waals surface area contributed by atoms with Gasteiger partial charge in [-0.15, -0.1) is 23.1 Å². The monoisotopic (exact) mass is 368 g/mol. The molecule has 0 aliphatic heterocycles. The van der Waals surface area contributed by atoms with Crippen LogP contribution in [0.2, 0.25) is 0 Å². The van der Waals surface area contributed by atoms with Crippen LogP contribution in [0.4, 0.5) is 0 Å². The van der Waals surface area contributed by atoms with Crippen molar-refractivity contribution in [2.45, 2.75) is 18.4 Å². The number of thioether (sulfide) groups is 1. The van der Waals surface area contributed by atoms with Gasteiger partial charge < -0.3 is 5.32 Å². The number of nitrogens with one attached hydrogen (secondary N) is 1. The van der Waals surface area contributed by atoms with Crippen LogP contribution in [0.25, 0.3) is 10.6 Å². The third kappa shape index (κ3) is 5.18. The average molecular weight is 369 g/mol. The molecule has 1 N–H and O–H groups in total. The number of carbonyl (C=O) groups excluding carboxylic acids is 1. The van der Waals surface area contributed by atoms with Gasteiger partial charge in [0.2, 0.25) is 5.91 Å². The molecule has 1 atom stereocenters. The quantitative estimate of drug-likeness (QED) is 0.606. The zero-order chi connectivity index (χ0) is 17.5. The number of hydrogen-bond acceptors (Lipinski definition) is 4. The molecular formula is C20H20N2OS2. The fraction of sp³-hybridized carbons (Fsp3) is 0.200. The van der Waals surface area contributed by atoms with E-state index in [2.05, 4.69) is 22.4 Å². The summed E-state index contributed by atoms with van der Waals surface area (Å²) in [6.07, 6.45) is 0. The van der Waals surface area contributed by atoms with Crippen LogP contribution in [0.1, 0.15) is 12.6 Å². The molecule has 0 radical (unpaired) electrons. The predicted octanol–water partition coefficient (Wildman–Crippen LogP) is 4.85. The molecule has 0 fully saturated rings. The largest absolute Gasteiger partial charge is 0.350 e. The first-order valence-electron chi connectivity index (χ1n) is 8.18. The summed E-state index contributed by atoms with van der Waals surface area (Å²) in [4.78, 5) is 18.1. The minimum atomic E-state index is -0.0440. The lowest BCUT2D eigenvalue weighted by Crippen LogP contribution is -2.30. The molecule has 128 valence electrons. The van der Waals surface area contributed by atoms with Gasteiger partial charge in [0, 0.05) is 27.5 Å². The normalized spacial score (nSPS) is 11.9. The predicted molar refractivity (Wildman–Crippen MR) is 106 cm³/mol. The zero-order valence-electron chi connectivity index (χ0n) is 14.0. The maximum absolute atomic E-state index is 12.3. The molecule has 0 saturated heterocycles. The lowest BCUT2D eigenvalue weighted by molar-refractivity contribution is -0.124. The van der Waals surface area contributed by atoms with Gasteiger partial charge in [0.15, 0.2) is 0 Å². The van der Waals surface area contributed by atoms with Gasteiger partial charge in [0.1, 0.15) is 5.01 Å². The highest BCUT2D eigenvalue weighted by Gasteiger charge is 2.14. The first-order chi connectivity index (χ1) is 12.2. The highest BCUT2D eigenvalue weighted by atomic mass is 32.2. The summed E-state index contributed by atoms with van der Waals surface area (Å²) >= 11 is 3.31. The standard InChI is InChI=1S/C20H20N2OS2/c1-15(13-24-18-10-6-3-7-11-18)19(23)21-12-17-14-25-20(22-17)16-8-4-2-5-9-16/h2-11,14-15H,12-13H2,1H3,(H,21,23). The second kappa shape index (κ2) is 8.83. The molecular weight excluding hydrogens is 348 g/mol. The third-order valence-corrected chi connectivity index (χ3v) is 5.92. The summed E-state index contributed by atoms with van der Waals surface area (Å²) in [6.45, 7) is 2.43. The van der Waals surface area contributed by atoms with Crippen LogP contribution in [-0.4, -0.2) is 16.6 Å². The van der Waals surface area contributed by atoms with Gasteiger partial charge in [-0.3, -0.25) is 4.79 Å². The van der Waals surface area contributed by atoms with Crippen LogP contribution in [0.15, 0.2) is 70.9 Å². The molecule has 3 rings (SSSR count). The van der Waals surface area contributed by atoms with Crippen molar-refractivity contribution in [3.05, 3.63) is 71.7 Å². The van der Waals surface area contributed by atoms with E-state index in [0.29, 0.717) is 6.54 Å². The summed E-state index contributed by atoms with van der Waals surface area (Å²) in [5.74, 6) is 0.789. The minimum absolute atomic E-state index is 0.0440.